The summed E-state index contributed by atoms with van der Waals surface area (Å²) < 4.78 is 4.36. The Morgan fingerprint density at radius 3 is 2.64 bits per heavy atom. The molecule has 0 N–H and O–H groups in total. The van der Waals surface area contributed by atoms with Crippen molar-refractivity contribution in [2.45, 2.75) is 6.92 Å². The summed E-state index contributed by atoms with van der Waals surface area (Å²) in [6, 6.07) is 1.41. The number of nitriles is 1. The van der Waals surface area contributed by atoms with Crippen molar-refractivity contribution >= 4 is 5.97 Å². The molecular formula is C6H6KNO3. The number of ether oxygens (including phenoxy) is 1. The third kappa shape index (κ3) is 5.41. The minimum atomic E-state index is -0.861. The van der Waals surface area contributed by atoms with Crippen LogP contribution in [-0.4, -0.2) is 12.6 Å². The molecule has 0 amide bonds. The monoisotopic (exact) mass is 179 g/mol. The van der Waals surface area contributed by atoms with E-state index in [0.717, 1.165) is 0 Å². The second-order valence-corrected chi connectivity index (χ2v) is 1.36. The van der Waals surface area contributed by atoms with Gasteiger partial charge in [-0.2, -0.15) is 5.26 Å². The largest absolute Gasteiger partial charge is 1.00 e. The average Bonchev–Trinajstić information content (AvgIpc) is 1.91. The molecule has 0 fully saturated rings. The van der Waals surface area contributed by atoms with Crippen molar-refractivity contribution in [2.75, 3.05) is 6.61 Å². The molecule has 0 rings (SSSR count). The Hall–Kier alpha value is 0.136. The number of esters is 1. The molecule has 0 aromatic carbocycles. The summed E-state index contributed by atoms with van der Waals surface area (Å²) in [7, 11) is 0. The molecule has 4 nitrogen and oxygen atoms in total. The van der Waals surface area contributed by atoms with Crippen LogP contribution in [0, 0.1) is 11.3 Å². The first kappa shape index (κ1) is 13.7. The number of nitrogens with zero attached hydrogens (tertiary/aromatic N) is 1. The number of rotatable bonds is 2. The molecule has 0 atom stereocenters. The Labute approximate surface area is 107 Å². The van der Waals surface area contributed by atoms with Gasteiger partial charge in [0.25, 0.3) is 0 Å². The topological polar surface area (TPSA) is 73.2 Å². The van der Waals surface area contributed by atoms with E-state index in [1.807, 2.05) is 0 Å². The molecule has 5 heteroatoms. The predicted octanol–water partition coefficient (Wildman–Crippen LogP) is -3.68. The van der Waals surface area contributed by atoms with E-state index < -0.39 is 11.5 Å². The molecule has 0 aromatic rings. The Bertz CT molecular complexity index is 194. The van der Waals surface area contributed by atoms with Crippen LogP contribution in [0.1, 0.15) is 6.92 Å². The minimum Gasteiger partial charge on any atom is -0.877 e. The van der Waals surface area contributed by atoms with Crippen LogP contribution in [0.2, 0.25) is 0 Å². The quantitative estimate of drug-likeness (QED) is 0.144. The molecule has 0 aromatic heterocycles. The van der Waals surface area contributed by atoms with E-state index in [0.29, 0.717) is 0 Å². The van der Waals surface area contributed by atoms with Crippen molar-refractivity contribution in [3.8, 4) is 6.07 Å². The summed E-state index contributed by atoms with van der Waals surface area (Å²) in [4.78, 5) is 10.5. The van der Waals surface area contributed by atoms with Crippen LogP contribution >= 0.6 is 0 Å². The van der Waals surface area contributed by atoms with Crippen LogP contribution in [0.15, 0.2) is 11.8 Å². The molecule has 0 saturated carbocycles. The van der Waals surface area contributed by atoms with Gasteiger partial charge in [-0.05, 0) is 6.92 Å². The van der Waals surface area contributed by atoms with Gasteiger partial charge in [0, 0.05) is 0 Å². The van der Waals surface area contributed by atoms with Gasteiger partial charge in [-0.3, -0.25) is 0 Å². The van der Waals surface area contributed by atoms with Gasteiger partial charge < -0.3 is 9.84 Å². The van der Waals surface area contributed by atoms with Crippen molar-refractivity contribution in [2.24, 2.45) is 0 Å². The van der Waals surface area contributed by atoms with E-state index in [1.165, 1.54) is 6.07 Å². The first-order valence-corrected chi connectivity index (χ1v) is 2.65. The fourth-order valence-corrected chi connectivity index (χ4v) is 0.329. The van der Waals surface area contributed by atoms with Gasteiger partial charge in [0.2, 0.25) is 0 Å². The van der Waals surface area contributed by atoms with Crippen molar-refractivity contribution in [1.82, 2.24) is 0 Å². The smallest absolute Gasteiger partial charge is 0.877 e. The first-order chi connectivity index (χ1) is 4.76. The maximum Gasteiger partial charge on any atom is 1.00 e. The van der Waals surface area contributed by atoms with Crippen LogP contribution in [0.25, 0.3) is 0 Å². The van der Waals surface area contributed by atoms with Crippen LogP contribution < -0.4 is 56.5 Å². The van der Waals surface area contributed by atoms with Gasteiger partial charge in [0.05, 0.1) is 6.61 Å². The van der Waals surface area contributed by atoms with Gasteiger partial charge in [0.15, 0.2) is 0 Å². The number of hydrogen-bond acceptors (Lipinski definition) is 4. The van der Waals surface area contributed by atoms with Gasteiger partial charge in [-0.1, -0.05) is 0 Å². The van der Waals surface area contributed by atoms with Crippen molar-refractivity contribution < 1.29 is 66.0 Å². The number of carbonyl (C=O) groups excluding carboxylic acids is 1. The Balaban J connectivity index is 0. The van der Waals surface area contributed by atoms with E-state index >= 15 is 0 Å². The van der Waals surface area contributed by atoms with E-state index in [-0.39, 0.29) is 64.3 Å². The van der Waals surface area contributed by atoms with Gasteiger partial charge in [0.1, 0.15) is 11.6 Å². The Kier molecular flexibility index (Phi) is 10.3. The van der Waals surface area contributed by atoms with Crippen LogP contribution in [0.5, 0.6) is 0 Å². The van der Waals surface area contributed by atoms with Crippen LogP contribution in [0.3, 0.4) is 0 Å². The first-order valence-electron chi connectivity index (χ1n) is 2.65. The Morgan fingerprint density at radius 2 is 2.36 bits per heavy atom. The summed E-state index contributed by atoms with van der Waals surface area (Å²) >= 11 is 0. The minimum absolute atomic E-state index is 0. The van der Waals surface area contributed by atoms with Gasteiger partial charge in [-0.15, -0.1) is 6.26 Å². The zero-order valence-corrected chi connectivity index (χ0v) is 9.58. The molecule has 11 heavy (non-hydrogen) atoms. The third-order valence-corrected chi connectivity index (χ3v) is 0.734. The molecule has 0 spiro atoms. The zero-order valence-electron chi connectivity index (χ0n) is 6.46. The van der Waals surface area contributed by atoms with E-state index in [1.54, 1.807) is 6.92 Å². The fourth-order valence-electron chi connectivity index (χ4n) is 0.329. The average molecular weight is 179 g/mol. The van der Waals surface area contributed by atoms with Crippen LogP contribution in [-0.2, 0) is 9.53 Å². The summed E-state index contributed by atoms with van der Waals surface area (Å²) in [5, 5.41) is 18.0. The molecule has 54 valence electrons. The van der Waals surface area contributed by atoms with E-state index in [9.17, 15) is 9.90 Å². The zero-order chi connectivity index (χ0) is 7.98. The molecule has 0 saturated heterocycles. The van der Waals surface area contributed by atoms with Crippen molar-refractivity contribution in [1.29, 1.82) is 5.26 Å². The molecule has 0 aliphatic rings. The summed E-state index contributed by atoms with van der Waals surface area (Å²) in [5.41, 5.74) is -0.498. The summed E-state index contributed by atoms with van der Waals surface area (Å²) in [6.07, 6.45) is 0.179. The number of hydrogen-bond donors (Lipinski definition) is 0. The normalized spacial score (nSPS) is 9.27. The molecule has 0 radical (unpaired) electrons. The molecule has 0 aliphatic heterocycles. The molecular weight excluding hydrogens is 173 g/mol. The fraction of sp³-hybridized carbons (Fsp3) is 0.333. The standard InChI is InChI=1S/C6H7NO3.K/c1-2-10-6(9)5(3-7)4-8;/h4,8H,2H2,1H3;/q;+1/p-1/b5-4-;. The van der Waals surface area contributed by atoms with Crippen LogP contribution in [0.4, 0.5) is 0 Å². The maximum absolute atomic E-state index is 10.5. The maximum atomic E-state index is 10.5. The van der Waals surface area contributed by atoms with Gasteiger partial charge >= 0.3 is 57.4 Å². The van der Waals surface area contributed by atoms with E-state index in [2.05, 4.69) is 4.74 Å². The second kappa shape index (κ2) is 8.24. The van der Waals surface area contributed by atoms with Gasteiger partial charge in [-0.25, -0.2) is 4.79 Å². The van der Waals surface area contributed by atoms with Crippen molar-refractivity contribution in [3.63, 3.8) is 0 Å². The molecule has 0 heterocycles. The SMILES string of the molecule is CCOC(=O)/C(C#N)=C\[O-].[K+]. The summed E-state index contributed by atoms with van der Waals surface area (Å²) in [5.74, 6) is -0.861. The molecule has 0 aliphatic carbocycles. The second-order valence-electron chi connectivity index (χ2n) is 1.36. The predicted molar refractivity (Wildman–Crippen MR) is 30.3 cm³/mol. The summed E-state index contributed by atoms with van der Waals surface area (Å²) in [6.45, 7) is 1.76. The van der Waals surface area contributed by atoms with Crippen molar-refractivity contribution in [3.05, 3.63) is 11.8 Å². The third-order valence-electron chi connectivity index (χ3n) is 0.734. The number of carbonyl (C=O) groups is 1. The molecule has 0 bridgehead atoms. The molecule has 0 unspecified atom stereocenters. The Morgan fingerprint density at radius 1 is 1.82 bits per heavy atom. The van der Waals surface area contributed by atoms with E-state index in [4.69, 9.17) is 5.26 Å².